The minimum atomic E-state index is -0.823. The highest BCUT2D eigenvalue weighted by atomic mass is 19.1. The molecule has 0 bridgehead atoms. The smallest absolute Gasteiger partial charge is 0.319 e. The summed E-state index contributed by atoms with van der Waals surface area (Å²) >= 11 is 0. The summed E-state index contributed by atoms with van der Waals surface area (Å²) in [4.78, 5) is 24.7. The summed E-state index contributed by atoms with van der Waals surface area (Å²) in [6.45, 7) is 1.85. The molecule has 2 aliphatic rings. The van der Waals surface area contributed by atoms with E-state index < -0.39 is 23.6 Å². The minimum Gasteiger partial charge on any atom is -0.481 e. The van der Waals surface area contributed by atoms with Crippen molar-refractivity contribution in [3.05, 3.63) is 23.8 Å². The Hall–Kier alpha value is -2.42. The van der Waals surface area contributed by atoms with Crippen molar-refractivity contribution < 1.29 is 28.2 Å². The Morgan fingerprint density at radius 2 is 1.74 bits per heavy atom. The third kappa shape index (κ3) is 4.85. The largest absolute Gasteiger partial charge is 0.481 e. The number of amides is 2. The molecule has 1 saturated heterocycles. The number of nitrogens with one attached hydrogen (secondary N) is 2. The van der Waals surface area contributed by atoms with Crippen LogP contribution in [-0.4, -0.2) is 49.5 Å². The number of carbonyl (C=O) groups excluding carboxylic acids is 1. The second-order valence-corrected chi connectivity index (χ2v) is 6.87. The van der Waals surface area contributed by atoms with Crippen LogP contribution in [0.5, 0.6) is 0 Å². The molecule has 1 aliphatic heterocycles. The van der Waals surface area contributed by atoms with Crippen molar-refractivity contribution in [2.75, 3.05) is 36.5 Å². The number of halogens is 2. The summed E-state index contributed by atoms with van der Waals surface area (Å²) in [7, 11) is 0. The van der Waals surface area contributed by atoms with Crippen LogP contribution in [0.1, 0.15) is 25.7 Å². The second-order valence-electron chi connectivity index (χ2n) is 6.87. The molecule has 0 aromatic heterocycles. The van der Waals surface area contributed by atoms with Gasteiger partial charge >= 0.3 is 12.0 Å². The van der Waals surface area contributed by atoms with Crippen molar-refractivity contribution in [2.24, 2.45) is 5.92 Å². The topological polar surface area (TPSA) is 90.9 Å². The number of ether oxygens (including phenoxy) is 1. The Kier molecular flexibility index (Phi) is 6.10. The van der Waals surface area contributed by atoms with Crippen LogP contribution in [0.4, 0.5) is 25.0 Å². The first-order valence-electron chi connectivity index (χ1n) is 9.06. The first-order valence-corrected chi connectivity index (χ1v) is 9.06. The summed E-state index contributed by atoms with van der Waals surface area (Å²) < 4.78 is 33.9. The van der Waals surface area contributed by atoms with Crippen molar-refractivity contribution in [1.29, 1.82) is 0 Å². The van der Waals surface area contributed by atoms with E-state index in [0.29, 0.717) is 52.0 Å². The molecule has 1 heterocycles. The maximum atomic E-state index is 14.4. The van der Waals surface area contributed by atoms with E-state index >= 15 is 0 Å². The Labute approximate surface area is 155 Å². The predicted octanol–water partition coefficient (Wildman–Crippen LogP) is 2.57. The number of carboxylic acids is 1. The van der Waals surface area contributed by atoms with Crippen LogP contribution in [0.25, 0.3) is 0 Å². The predicted molar refractivity (Wildman–Crippen MR) is 94.9 cm³/mol. The number of hydrogen-bond acceptors (Lipinski definition) is 4. The lowest BCUT2D eigenvalue weighted by molar-refractivity contribution is -0.142. The highest BCUT2D eigenvalue weighted by Gasteiger charge is 2.27. The van der Waals surface area contributed by atoms with Crippen LogP contribution in [0.3, 0.4) is 0 Å². The fraction of sp³-hybridized carbons (Fsp3) is 0.556. The monoisotopic (exact) mass is 383 g/mol. The van der Waals surface area contributed by atoms with Crippen LogP contribution in [0.15, 0.2) is 12.1 Å². The van der Waals surface area contributed by atoms with E-state index in [4.69, 9.17) is 9.84 Å². The number of anilines is 2. The molecule has 3 rings (SSSR count). The maximum Gasteiger partial charge on any atom is 0.319 e. The van der Waals surface area contributed by atoms with Gasteiger partial charge in [-0.05, 0) is 25.7 Å². The van der Waals surface area contributed by atoms with Gasteiger partial charge in [0.1, 0.15) is 11.6 Å². The van der Waals surface area contributed by atoms with Gasteiger partial charge in [-0.25, -0.2) is 13.6 Å². The molecule has 0 radical (unpaired) electrons. The third-order valence-electron chi connectivity index (χ3n) is 5.05. The van der Waals surface area contributed by atoms with Crippen LogP contribution in [0, 0.1) is 17.6 Å². The zero-order valence-electron chi connectivity index (χ0n) is 14.8. The molecule has 2 amide bonds. The molecular formula is C18H23F2N3O4. The number of morpholine rings is 1. The van der Waals surface area contributed by atoms with Crippen LogP contribution >= 0.6 is 0 Å². The first kappa shape index (κ1) is 19.3. The highest BCUT2D eigenvalue weighted by Crippen LogP contribution is 2.27. The molecule has 1 aliphatic carbocycles. The standard InChI is InChI=1S/C18H23F2N3O4/c19-13-10-16(23-5-7-27-8-6-23)14(20)9-15(13)22-18(26)21-12-3-1-11(2-4-12)17(24)25/h9-12H,1-8H2,(H,24,25)(H2,21,22,26). The number of rotatable bonds is 4. The molecule has 1 aromatic carbocycles. The van der Waals surface area contributed by atoms with Crippen molar-refractivity contribution in [2.45, 2.75) is 31.7 Å². The molecule has 2 fully saturated rings. The van der Waals surface area contributed by atoms with Gasteiger partial charge in [-0.2, -0.15) is 0 Å². The number of urea groups is 1. The maximum absolute atomic E-state index is 14.4. The second kappa shape index (κ2) is 8.51. The zero-order chi connectivity index (χ0) is 19.4. The SMILES string of the molecule is O=C(Nc1cc(F)c(N2CCOCC2)cc1F)NC1CCC(C(=O)O)CC1. The average Bonchev–Trinajstić information content (AvgIpc) is 2.65. The van der Waals surface area contributed by atoms with Crippen LogP contribution in [-0.2, 0) is 9.53 Å². The Balaban J connectivity index is 1.58. The number of benzene rings is 1. The van der Waals surface area contributed by atoms with Gasteiger partial charge in [0.15, 0.2) is 0 Å². The fourth-order valence-electron chi connectivity index (χ4n) is 3.51. The lowest BCUT2D eigenvalue weighted by Crippen LogP contribution is -2.41. The lowest BCUT2D eigenvalue weighted by atomic mass is 9.86. The van der Waals surface area contributed by atoms with Gasteiger partial charge < -0.3 is 25.4 Å². The van der Waals surface area contributed by atoms with Gasteiger partial charge in [0.25, 0.3) is 0 Å². The highest BCUT2D eigenvalue weighted by molar-refractivity contribution is 5.90. The van der Waals surface area contributed by atoms with E-state index in [1.54, 1.807) is 4.90 Å². The molecule has 3 N–H and O–H groups in total. The van der Waals surface area contributed by atoms with E-state index in [9.17, 15) is 18.4 Å². The third-order valence-corrected chi connectivity index (χ3v) is 5.05. The van der Waals surface area contributed by atoms with Gasteiger partial charge in [0.2, 0.25) is 0 Å². The lowest BCUT2D eigenvalue weighted by Gasteiger charge is -2.29. The van der Waals surface area contributed by atoms with Crippen molar-refractivity contribution in [3.8, 4) is 0 Å². The molecule has 27 heavy (non-hydrogen) atoms. The molecule has 1 saturated carbocycles. The fourth-order valence-corrected chi connectivity index (χ4v) is 3.51. The number of carboxylic acid groups (broad SMARTS) is 1. The number of carbonyl (C=O) groups is 2. The molecule has 1 aromatic rings. The van der Waals surface area contributed by atoms with Crippen molar-refractivity contribution in [1.82, 2.24) is 5.32 Å². The molecule has 7 nitrogen and oxygen atoms in total. The van der Waals surface area contributed by atoms with Crippen LogP contribution < -0.4 is 15.5 Å². The zero-order valence-corrected chi connectivity index (χ0v) is 14.8. The number of nitrogens with zero attached hydrogens (tertiary/aromatic N) is 1. The van der Waals surface area contributed by atoms with E-state index in [2.05, 4.69) is 10.6 Å². The van der Waals surface area contributed by atoms with Gasteiger partial charge in [-0.1, -0.05) is 0 Å². The Bertz CT molecular complexity index is 702. The summed E-state index contributed by atoms with van der Waals surface area (Å²) in [5.41, 5.74) is -0.0880. The van der Waals surface area contributed by atoms with Gasteiger partial charge in [0, 0.05) is 31.3 Å². The molecule has 148 valence electrons. The number of hydrogen-bond donors (Lipinski definition) is 3. The van der Waals surface area contributed by atoms with E-state index in [-0.39, 0.29) is 23.3 Å². The molecular weight excluding hydrogens is 360 g/mol. The summed E-state index contributed by atoms with van der Waals surface area (Å²) in [5.74, 6) is -2.54. The van der Waals surface area contributed by atoms with Gasteiger partial charge in [0.05, 0.1) is 30.5 Å². The van der Waals surface area contributed by atoms with Gasteiger partial charge in [-0.15, -0.1) is 0 Å². The normalized spacial score (nSPS) is 23.0. The average molecular weight is 383 g/mol. The quantitative estimate of drug-likeness (QED) is 0.743. The summed E-state index contributed by atoms with van der Waals surface area (Å²) in [6.07, 6.45) is 2.05. The summed E-state index contributed by atoms with van der Waals surface area (Å²) in [6, 6.07) is 1.24. The molecule has 9 heteroatoms. The first-order chi connectivity index (χ1) is 12.9. The molecule has 0 spiro atoms. The minimum absolute atomic E-state index is 0.147. The van der Waals surface area contributed by atoms with Crippen LogP contribution in [0.2, 0.25) is 0 Å². The number of aliphatic carboxylic acids is 1. The molecule has 0 unspecified atom stereocenters. The van der Waals surface area contributed by atoms with Crippen molar-refractivity contribution >= 4 is 23.4 Å². The van der Waals surface area contributed by atoms with E-state index in [0.717, 1.165) is 12.1 Å². The Morgan fingerprint density at radius 3 is 2.37 bits per heavy atom. The van der Waals surface area contributed by atoms with Crippen molar-refractivity contribution in [3.63, 3.8) is 0 Å². The van der Waals surface area contributed by atoms with Gasteiger partial charge in [-0.3, -0.25) is 4.79 Å². The van der Waals surface area contributed by atoms with E-state index in [1.807, 2.05) is 0 Å². The summed E-state index contributed by atoms with van der Waals surface area (Å²) in [5, 5.41) is 14.0. The Morgan fingerprint density at radius 1 is 1.07 bits per heavy atom. The molecule has 0 atom stereocenters. The van der Waals surface area contributed by atoms with E-state index in [1.165, 1.54) is 0 Å².